The smallest absolute Gasteiger partial charge is 0.258 e. The molecule has 0 spiro atoms. The number of fused-ring (bicyclic) bond motifs is 1. The molecule has 0 amide bonds. The van der Waals surface area contributed by atoms with Crippen molar-refractivity contribution >= 4 is 50.9 Å². The van der Waals surface area contributed by atoms with Crippen molar-refractivity contribution in [2.24, 2.45) is 0 Å². The Morgan fingerprint density at radius 3 is 2.00 bits per heavy atom. The highest BCUT2D eigenvalue weighted by molar-refractivity contribution is 14.1. The van der Waals surface area contributed by atoms with Crippen molar-refractivity contribution in [1.29, 1.82) is 0 Å². The number of nitro groups is 1. The molecule has 3 nitrogen and oxygen atoms in total. The number of rotatable bonds is 1. The maximum absolute atomic E-state index is 11.1. The third-order valence-corrected chi connectivity index (χ3v) is 8.07. The Labute approximate surface area is 149 Å². The van der Waals surface area contributed by atoms with Gasteiger partial charge in [0.1, 0.15) is 0 Å². The molecule has 3 aliphatic rings. The summed E-state index contributed by atoms with van der Waals surface area (Å²) >= 11 is 5.03. The third-order valence-electron chi connectivity index (χ3n) is 4.66. The van der Waals surface area contributed by atoms with Crippen molar-refractivity contribution in [1.82, 2.24) is 0 Å². The quantitative estimate of drug-likeness (QED) is 0.237. The number of hydrogen-bond donors (Lipinski definition) is 0. The summed E-state index contributed by atoms with van der Waals surface area (Å²) in [4.78, 5) is 10.8. The van der Waals surface area contributed by atoms with E-state index in [1.807, 2.05) is 6.07 Å². The first-order chi connectivity index (χ1) is 9.97. The summed E-state index contributed by atoms with van der Waals surface area (Å²) in [6, 6.07) is 13.9. The van der Waals surface area contributed by atoms with E-state index in [1.165, 1.54) is 16.7 Å². The first-order valence-corrected chi connectivity index (χ1v) is 8.90. The standard InChI is InChI=1S/C16H11I2NO2/c17-15-7-8-16(18,12-4-2-1-3-11(12)15)14-9-10(19(20)21)5-6-13(14)15/h1-6,9H,7-8H2/t15-,16+/m1/s1. The van der Waals surface area contributed by atoms with Gasteiger partial charge in [-0.15, -0.1) is 0 Å². The van der Waals surface area contributed by atoms with Gasteiger partial charge in [-0.1, -0.05) is 75.5 Å². The van der Waals surface area contributed by atoms with Gasteiger partial charge in [0.2, 0.25) is 0 Å². The lowest BCUT2D eigenvalue weighted by atomic mass is 9.63. The van der Waals surface area contributed by atoms with Crippen molar-refractivity contribution in [2.75, 3.05) is 0 Å². The second-order valence-electron chi connectivity index (χ2n) is 5.63. The summed E-state index contributed by atoms with van der Waals surface area (Å²) in [6.45, 7) is 0. The van der Waals surface area contributed by atoms with Crippen LogP contribution in [0, 0.1) is 10.1 Å². The number of alkyl halides is 2. The maximum Gasteiger partial charge on any atom is 0.269 e. The topological polar surface area (TPSA) is 43.1 Å². The van der Waals surface area contributed by atoms with Crippen molar-refractivity contribution in [3.63, 3.8) is 0 Å². The van der Waals surface area contributed by atoms with Crippen LogP contribution in [0.1, 0.15) is 35.1 Å². The normalized spacial score (nSPS) is 28.9. The summed E-state index contributed by atoms with van der Waals surface area (Å²) in [7, 11) is 0. The van der Waals surface area contributed by atoms with Crippen LogP contribution in [0.15, 0.2) is 42.5 Å². The van der Waals surface area contributed by atoms with Crippen molar-refractivity contribution in [3.8, 4) is 0 Å². The summed E-state index contributed by atoms with van der Waals surface area (Å²) in [5.41, 5.74) is 5.24. The van der Waals surface area contributed by atoms with E-state index in [-0.39, 0.29) is 17.5 Å². The third kappa shape index (κ3) is 1.70. The van der Waals surface area contributed by atoms with Crippen molar-refractivity contribution in [3.05, 3.63) is 74.8 Å². The molecule has 2 aromatic rings. The van der Waals surface area contributed by atoms with Gasteiger partial charge in [0.25, 0.3) is 5.69 Å². The summed E-state index contributed by atoms with van der Waals surface area (Å²) in [6.07, 6.45) is 2.11. The molecule has 0 N–H and O–H groups in total. The maximum atomic E-state index is 11.1. The average molecular weight is 503 g/mol. The first kappa shape index (κ1) is 13.9. The second-order valence-corrected chi connectivity index (χ2v) is 9.32. The Hall–Kier alpha value is -0.700. The molecule has 2 atom stereocenters. The molecule has 106 valence electrons. The van der Waals surface area contributed by atoms with Crippen LogP contribution in [0.2, 0.25) is 0 Å². The molecule has 0 aliphatic heterocycles. The van der Waals surface area contributed by atoms with E-state index in [2.05, 4.69) is 69.4 Å². The fraction of sp³-hybridized carbons (Fsp3) is 0.250. The number of nitrogens with zero attached hydrogens (tertiary/aromatic N) is 1. The number of hydrogen-bond acceptors (Lipinski definition) is 2. The first-order valence-electron chi connectivity index (χ1n) is 6.74. The predicted octanol–water partition coefficient (Wildman–Crippen LogP) is 5.06. The Morgan fingerprint density at radius 2 is 1.43 bits per heavy atom. The van der Waals surface area contributed by atoms with Crippen LogP contribution >= 0.6 is 45.2 Å². The van der Waals surface area contributed by atoms with Gasteiger partial charge in [-0.05, 0) is 35.1 Å². The van der Waals surface area contributed by atoms with E-state index < -0.39 is 0 Å². The summed E-state index contributed by atoms with van der Waals surface area (Å²) in [5, 5.41) is 11.1. The minimum atomic E-state index is -0.297. The van der Waals surface area contributed by atoms with Crippen LogP contribution in [-0.4, -0.2) is 4.92 Å². The van der Waals surface area contributed by atoms with Crippen LogP contribution in [0.25, 0.3) is 0 Å². The largest absolute Gasteiger partial charge is 0.269 e. The molecule has 5 rings (SSSR count). The molecule has 5 heteroatoms. The fourth-order valence-electron chi connectivity index (χ4n) is 3.67. The lowest BCUT2D eigenvalue weighted by molar-refractivity contribution is -0.385. The Bertz CT molecular complexity index is 792. The van der Waals surface area contributed by atoms with Crippen molar-refractivity contribution in [2.45, 2.75) is 19.7 Å². The molecule has 21 heavy (non-hydrogen) atoms. The van der Waals surface area contributed by atoms with Gasteiger partial charge >= 0.3 is 0 Å². The van der Waals surface area contributed by atoms with Gasteiger partial charge in [0, 0.05) is 12.1 Å². The molecule has 0 unspecified atom stereocenters. The Kier molecular flexibility index (Phi) is 2.92. The van der Waals surface area contributed by atoms with Crippen LogP contribution in [-0.2, 0) is 6.84 Å². The van der Waals surface area contributed by atoms with E-state index in [0.29, 0.717) is 0 Å². The molecule has 0 aromatic heterocycles. The number of halogens is 2. The van der Waals surface area contributed by atoms with Gasteiger partial charge in [0.15, 0.2) is 0 Å². The van der Waals surface area contributed by atoms with Gasteiger partial charge < -0.3 is 0 Å². The predicted molar refractivity (Wildman–Crippen MR) is 98.4 cm³/mol. The average Bonchev–Trinajstić information content (AvgIpc) is 2.50. The Balaban J connectivity index is 2.07. The zero-order valence-electron chi connectivity index (χ0n) is 11.0. The van der Waals surface area contributed by atoms with E-state index in [4.69, 9.17) is 0 Å². The van der Waals surface area contributed by atoms with E-state index in [0.717, 1.165) is 18.4 Å². The minimum absolute atomic E-state index is 0.0499. The highest BCUT2D eigenvalue weighted by atomic mass is 127. The van der Waals surface area contributed by atoms with Gasteiger partial charge in [-0.2, -0.15) is 0 Å². The zero-order valence-corrected chi connectivity index (χ0v) is 15.3. The number of nitro benzene ring substituents is 1. The Morgan fingerprint density at radius 1 is 0.905 bits per heavy atom. The molecule has 0 saturated heterocycles. The lowest BCUT2D eigenvalue weighted by Crippen LogP contribution is -2.42. The fourth-order valence-corrected chi connectivity index (χ4v) is 6.06. The molecule has 0 radical (unpaired) electrons. The van der Waals surface area contributed by atoms with E-state index >= 15 is 0 Å². The zero-order chi connectivity index (χ0) is 14.8. The van der Waals surface area contributed by atoms with Crippen LogP contribution in [0.4, 0.5) is 5.69 Å². The SMILES string of the molecule is O=[N+]([O-])c1ccc2c(c1)[C@]1(I)CC[C@@]2(I)c2ccccc21. The monoisotopic (exact) mass is 503 g/mol. The molecular weight excluding hydrogens is 492 g/mol. The summed E-state index contributed by atoms with van der Waals surface area (Å²) < 4.78 is -0.186. The van der Waals surface area contributed by atoms with Gasteiger partial charge in [-0.3, -0.25) is 10.1 Å². The molecule has 0 fully saturated rings. The van der Waals surface area contributed by atoms with E-state index in [9.17, 15) is 10.1 Å². The molecule has 2 bridgehead atoms. The van der Waals surface area contributed by atoms with E-state index in [1.54, 1.807) is 12.1 Å². The lowest BCUT2D eigenvalue weighted by Gasteiger charge is -2.50. The molecule has 2 aromatic carbocycles. The highest BCUT2D eigenvalue weighted by Gasteiger charge is 2.53. The van der Waals surface area contributed by atoms with Gasteiger partial charge in [0.05, 0.1) is 11.8 Å². The summed E-state index contributed by atoms with van der Waals surface area (Å²) in [5.74, 6) is 0. The van der Waals surface area contributed by atoms with Crippen LogP contribution in [0.3, 0.4) is 0 Å². The molecule has 0 heterocycles. The minimum Gasteiger partial charge on any atom is -0.258 e. The number of non-ortho nitro benzene ring substituents is 1. The van der Waals surface area contributed by atoms with Crippen LogP contribution in [0.5, 0.6) is 0 Å². The highest BCUT2D eigenvalue weighted by Crippen LogP contribution is 2.64. The molecule has 0 saturated carbocycles. The molecular formula is C16H11I2NO2. The molecule has 3 aliphatic carbocycles. The number of benzene rings is 2. The van der Waals surface area contributed by atoms with Crippen molar-refractivity contribution < 1.29 is 4.92 Å². The second kappa shape index (κ2) is 4.41. The van der Waals surface area contributed by atoms with Crippen LogP contribution < -0.4 is 0 Å². The van der Waals surface area contributed by atoms with Gasteiger partial charge in [-0.25, -0.2) is 0 Å².